The Morgan fingerprint density at radius 3 is 2.43 bits per heavy atom. The highest BCUT2D eigenvalue weighted by Crippen LogP contribution is 2.18. The molecule has 0 aliphatic carbocycles. The fourth-order valence-corrected chi connectivity index (χ4v) is 3.21. The van der Waals surface area contributed by atoms with Crippen molar-refractivity contribution in [1.82, 2.24) is 14.7 Å². The zero-order valence-electron chi connectivity index (χ0n) is 15.5. The normalized spacial score (nSPS) is 10.7. The van der Waals surface area contributed by atoms with Crippen molar-refractivity contribution in [3.05, 3.63) is 103 Å². The molecule has 4 rings (SSSR count). The third kappa shape index (κ3) is 4.04. The van der Waals surface area contributed by atoms with Crippen LogP contribution in [-0.2, 0) is 13.0 Å². The number of benzene rings is 2. The lowest BCUT2D eigenvalue weighted by molar-refractivity contribution is 0.246. The lowest BCUT2D eigenvalue weighted by Gasteiger charge is -2.23. The molecule has 0 aliphatic rings. The van der Waals surface area contributed by atoms with E-state index in [1.807, 2.05) is 83.5 Å². The molecule has 1 N–H and O–H groups in total. The predicted molar refractivity (Wildman–Crippen MR) is 111 cm³/mol. The van der Waals surface area contributed by atoms with Crippen LogP contribution in [0.5, 0.6) is 0 Å². The third-order valence-electron chi connectivity index (χ3n) is 4.66. The maximum Gasteiger partial charge on any atom is 0.322 e. The number of carbonyl (C=O) groups is 1. The highest BCUT2D eigenvalue weighted by molar-refractivity contribution is 5.91. The number of imidazole rings is 1. The van der Waals surface area contributed by atoms with Gasteiger partial charge in [-0.1, -0.05) is 54.6 Å². The highest BCUT2D eigenvalue weighted by atomic mass is 16.2. The van der Waals surface area contributed by atoms with Crippen LogP contribution < -0.4 is 10.2 Å². The van der Waals surface area contributed by atoms with Gasteiger partial charge >= 0.3 is 6.03 Å². The molecule has 0 saturated carbocycles. The minimum Gasteiger partial charge on any atom is -0.337 e. The first kappa shape index (κ1) is 17.8. The van der Waals surface area contributed by atoms with Crippen molar-refractivity contribution in [1.29, 1.82) is 0 Å². The fraction of sp³-hybridized carbons (Fsp3) is 0.130. The van der Waals surface area contributed by atoms with E-state index in [9.17, 15) is 4.79 Å². The van der Waals surface area contributed by atoms with Gasteiger partial charge in [-0.25, -0.2) is 9.78 Å². The average Bonchev–Trinajstić information content (AvgIpc) is 3.16. The molecule has 0 radical (unpaired) electrons. The zero-order valence-corrected chi connectivity index (χ0v) is 15.5. The Morgan fingerprint density at radius 1 is 0.929 bits per heavy atom. The Labute approximate surface area is 164 Å². The van der Waals surface area contributed by atoms with Gasteiger partial charge in [-0.2, -0.15) is 0 Å². The second-order valence-electron chi connectivity index (χ2n) is 6.57. The Hall–Kier alpha value is -3.60. The van der Waals surface area contributed by atoms with E-state index in [4.69, 9.17) is 0 Å². The maximum absolute atomic E-state index is 13.0. The number of carbonyl (C=O) groups excluding carboxylic acids is 1. The van der Waals surface area contributed by atoms with E-state index in [1.54, 1.807) is 4.90 Å². The quantitative estimate of drug-likeness (QED) is 0.550. The van der Waals surface area contributed by atoms with Crippen LogP contribution in [0.1, 0.15) is 11.3 Å². The molecule has 0 spiro atoms. The van der Waals surface area contributed by atoms with Crippen molar-refractivity contribution >= 4 is 17.4 Å². The molecule has 0 bridgehead atoms. The summed E-state index contributed by atoms with van der Waals surface area (Å²) in [5, 5.41) is 3.05. The van der Waals surface area contributed by atoms with Gasteiger partial charge in [0.05, 0.1) is 18.4 Å². The number of rotatable bonds is 6. The highest BCUT2D eigenvalue weighted by Gasteiger charge is 2.17. The van der Waals surface area contributed by atoms with E-state index in [-0.39, 0.29) is 6.03 Å². The molecule has 2 amide bonds. The molecule has 0 saturated heterocycles. The van der Waals surface area contributed by atoms with Crippen LogP contribution in [-0.4, -0.2) is 22.0 Å². The van der Waals surface area contributed by atoms with E-state index in [2.05, 4.69) is 22.4 Å². The summed E-state index contributed by atoms with van der Waals surface area (Å²) in [5.41, 5.74) is 3.88. The van der Waals surface area contributed by atoms with E-state index >= 15 is 0 Å². The molecule has 5 heteroatoms. The van der Waals surface area contributed by atoms with Crippen LogP contribution >= 0.6 is 0 Å². The number of nitrogens with zero attached hydrogens (tertiary/aromatic N) is 3. The molecule has 2 aromatic carbocycles. The van der Waals surface area contributed by atoms with Crippen LogP contribution in [0, 0.1) is 0 Å². The van der Waals surface area contributed by atoms with Gasteiger partial charge in [0.15, 0.2) is 0 Å². The number of hydrogen-bond donors (Lipinski definition) is 1. The lowest BCUT2D eigenvalue weighted by Crippen LogP contribution is -2.40. The zero-order chi connectivity index (χ0) is 19.2. The predicted octanol–water partition coefficient (Wildman–Crippen LogP) is 4.29. The van der Waals surface area contributed by atoms with E-state index in [0.717, 1.165) is 23.4 Å². The largest absolute Gasteiger partial charge is 0.337 e. The van der Waals surface area contributed by atoms with Crippen molar-refractivity contribution in [2.45, 2.75) is 13.0 Å². The first-order valence-electron chi connectivity index (χ1n) is 9.36. The Kier molecular flexibility index (Phi) is 5.33. The second-order valence-corrected chi connectivity index (χ2v) is 6.57. The van der Waals surface area contributed by atoms with Crippen molar-refractivity contribution < 1.29 is 4.79 Å². The van der Waals surface area contributed by atoms with Crippen molar-refractivity contribution in [3.63, 3.8) is 0 Å². The number of para-hydroxylation sites is 1. The van der Waals surface area contributed by atoms with Gasteiger partial charge in [-0.15, -0.1) is 0 Å². The number of hydrogen-bond acceptors (Lipinski definition) is 2. The molecule has 28 heavy (non-hydrogen) atoms. The first-order valence-corrected chi connectivity index (χ1v) is 9.36. The van der Waals surface area contributed by atoms with E-state index in [0.29, 0.717) is 13.1 Å². The summed E-state index contributed by atoms with van der Waals surface area (Å²) in [4.78, 5) is 19.2. The topological polar surface area (TPSA) is 49.6 Å². The third-order valence-corrected chi connectivity index (χ3v) is 4.66. The van der Waals surface area contributed by atoms with Crippen molar-refractivity contribution in [2.75, 3.05) is 11.4 Å². The molecule has 4 aromatic rings. The summed E-state index contributed by atoms with van der Waals surface area (Å²) in [5.74, 6) is 0. The molecular weight excluding hydrogens is 348 g/mol. The van der Waals surface area contributed by atoms with Crippen LogP contribution in [0.3, 0.4) is 0 Å². The minimum absolute atomic E-state index is 0.118. The maximum atomic E-state index is 13.0. The van der Waals surface area contributed by atoms with Crippen LogP contribution in [0.25, 0.3) is 5.65 Å². The van der Waals surface area contributed by atoms with Crippen molar-refractivity contribution in [2.24, 2.45) is 0 Å². The number of amides is 2. The number of pyridine rings is 1. The molecule has 0 unspecified atom stereocenters. The van der Waals surface area contributed by atoms with Gasteiger partial charge < -0.3 is 9.72 Å². The van der Waals surface area contributed by atoms with Crippen LogP contribution in [0.15, 0.2) is 91.3 Å². The number of urea groups is 1. The summed E-state index contributed by atoms with van der Waals surface area (Å²) in [6, 6.07) is 25.6. The van der Waals surface area contributed by atoms with Gasteiger partial charge in [0.1, 0.15) is 5.65 Å². The Morgan fingerprint density at radius 2 is 1.64 bits per heavy atom. The van der Waals surface area contributed by atoms with Crippen molar-refractivity contribution in [3.8, 4) is 0 Å². The SMILES string of the molecule is O=C(NCCc1ccccc1)N(Cc1cnc2ccccn12)c1ccccc1. The van der Waals surface area contributed by atoms with Gasteiger partial charge in [0.2, 0.25) is 0 Å². The average molecular weight is 370 g/mol. The Balaban J connectivity index is 1.51. The monoisotopic (exact) mass is 370 g/mol. The number of fused-ring (bicyclic) bond motifs is 1. The summed E-state index contributed by atoms with van der Waals surface area (Å²) in [6.45, 7) is 1.02. The second kappa shape index (κ2) is 8.39. The summed E-state index contributed by atoms with van der Waals surface area (Å²) >= 11 is 0. The molecule has 0 aliphatic heterocycles. The van der Waals surface area contributed by atoms with Gasteiger partial charge in [-0.3, -0.25) is 4.90 Å². The number of nitrogens with one attached hydrogen (secondary N) is 1. The van der Waals surface area contributed by atoms with Gasteiger partial charge in [-0.05, 0) is 36.2 Å². The standard InChI is InChI=1S/C23H22N4O/c28-23(24-15-14-19-9-3-1-4-10-19)27(20-11-5-2-6-12-20)18-21-17-25-22-13-7-8-16-26(21)22/h1-13,16-17H,14-15,18H2,(H,24,28). The summed E-state index contributed by atoms with van der Waals surface area (Å²) in [7, 11) is 0. The van der Waals surface area contributed by atoms with E-state index < -0.39 is 0 Å². The molecular formula is C23H22N4O. The van der Waals surface area contributed by atoms with Crippen LogP contribution in [0.4, 0.5) is 10.5 Å². The van der Waals surface area contributed by atoms with E-state index in [1.165, 1.54) is 5.56 Å². The summed E-state index contributed by atoms with van der Waals surface area (Å²) in [6.07, 6.45) is 4.58. The number of anilines is 1. The van der Waals surface area contributed by atoms with Gasteiger partial charge in [0.25, 0.3) is 0 Å². The fourth-order valence-electron chi connectivity index (χ4n) is 3.21. The molecule has 0 atom stereocenters. The lowest BCUT2D eigenvalue weighted by atomic mass is 10.1. The molecule has 0 fully saturated rings. The first-order chi connectivity index (χ1) is 13.8. The smallest absolute Gasteiger partial charge is 0.322 e. The Bertz CT molecular complexity index is 1040. The summed E-state index contributed by atoms with van der Waals surface area (Å²) < 4.78 is 2.01. The van der Waals surface area contributed by atoms with Crippen LogP contribution in [0.2, 0.25) is 0 Å². The molecule has 2 aromatic heterocycles. The molecule has 140 valence electrons. The minimum atomic E-state index is -0.118. The molecule has 2 heterocycles. The number of aromatic nitrogens is 2. The van der Waals surface area contributed by atoms with Gasteiger partial charge in [0, 0.05) is 18.4 Å². The molecule has 5 nitrogen and oxygen atoms in total.